The summed E-state index contributed by atoms with van der Waals surface area (Å²) in [5, 5.41) is 9.08. The van der Waals surface area contributed by atoms with Gasteiger partial charge in [-0.05, 0) is 72.8 Å². The van der Waals surface area contributed by atoms with Crippen molar-refractivity contribution in [3.05, 3.63) is 267 Å². The minimum absolute atomic E-state index is 0.560. The Bertz CT molecular complexity index is 4940. The molecule has 0 amide bonds. The van der Waals surface area contributed by atoms with E-state index in [1.165, 1.54) is 10.8 Å². The van der Waals surface area contributed by atoms with Crippen molar-refractivity contribution in [1.82, 2.24) is 48.2 Å². The van der Waals surface area contributed by atoms with Gasteiger partial charge in [0.05, 0.1) is 44.1 Å². The predicted molar refractivity (Wildman–Crippen MR) is 332 cm³/mol. The summed E-state index contributed by atoms with van der Waals surface area (Å²) in [5.74, 6) is 3.58. The van der Waals surface area contributed by atoms with E-state index in [4.69, 9.17) is 29.9 Å². The monoisotopic (exact) mass is 1050 g/mol. The van der Waals surface area contributed by atoms with Crippen LogP contribution in [0.15, 0.2) is 267 Å². The third-order valence-electron chi connectivity index (χ3n) is 16.1. The third kappa shape index (κ3) is 7.08. The molecule has 6 aromatic heterocycles. The summed E-state index contributed by atoms with van der Waals surface area (Å²) in [6.07, 6.45) is 0. The molecule has 6 heterocycles. The summed E-state index contributed by atoms with van der Waals surface area (Å²) in [5.41, 5.74) is 14.3. The molecule has 0 spiro atoms. The Morgan fingerprint density at radius 1 is 0.183 bits per heavy atom. The fourth-order valence-electron chi connectivity index (χ4n) is 12.4. The number of para-hydroxylation sites is 4. The van der Waals surface area contributed by atoms with Crippen LogP contribution in [0.25, 0.3) is 156 Å². The standard InChI is InChI=1S/C72H44N10/c1-5-21-45(22-6-1)67-73-68(46-23-7-2-8-24-46)76-71(75-67)81-61-35-19-15-29-51(61)55-41-49(37-39-63(55)81)79-59-33-17-13-31-53(59)57-44-66-58(43-65(57)79)54-32-14-18-34-60(54)80(66)50-38-40-64-56(42-50)52-30-16-20-36-62(52)82(64)72-77-69(47-25-9-3-10-26-47)74-70(78-72)48-27-11-4-12-28-48/h1-44H. The van der Waals surface area contributed by atoms with Gasteiger partial charge in [0.1, 0.15) is 0 Å². The summed E-state index contributed by atoms with van der Waals surface area (Å²) < 4.78 is 9.23. The van der Waals surface area contributed by atoms with Crippen LogP contribution in [0.5, 0.6) is 0 Å². The van der Waals surface area contributed by atoms with E-state index in [2.05, 4.69) is 164 Å². The topological polar surface area (TPSA) is 97.1 Å². The molecular weight excluding hydrogens is 1000 g/mol. The number of benzene rings is 11. The van der Waals surface area contributed by atoms with Crippen molar-refractivity contribution in [3.63, 3.8) is 0 Å². The zero-order valence-electron chi connectivity index (χ0n) is 43.9. The average molecular weight is 1050 g/mol. The van der Waals surface area contributed by atoms with E-state index in [-0.39, 0.29) is 0 Å². The molecule has 0 atom stereocenters. The van der Waals surface area contributed by atoms with Crippen LogP contribution in [0.1, 0.15) is 0 Å². The first-order valence-electron chi connectivity index (χ1n) is 27.4. The highest BCUT2D eigenvalue weighted by atomic mass is 15.2. The summed E-state index contributed by atoms with van der Waals surface area (Å²) in [6, 6.07) is 93.6. The van der Waals surface area contributed by atoms with Gasteiger partial charge in [-0.25, -0.2) is 9.97 Å². The molecule has 0 fully saturated rings. The van der Waals surface area contributed by atoms with Gasteiger partial charge in [-0.2, -0.15) is 19.9 Å². The number of rotatable bonds is 8. The van der Waals surface area contributed by atoms with Gasteiger partial charge >= 0.3 is 0 Å². The normalized spacial score (nSPS) is 11.9. The zero-order chi connectivity index (χ0) is 53.8. The van der Waals surface area contributed by atoms with E-state index in [0.29, 0.717) is 35.2 Å². The number of fused-ring (bicyclic) bond motifs is 12. The lowest BCUT2D eigenvalue weighted by Crippen LogP contribution is -2.06. The molecule has 82 heavy (non-hydrogen) atoms. The quantitative estimate of drug-likeness (QED) is 0.150. The van der Waals surface area contributed by atoms with Crippen LogP contribution in [0, 0.1) is 0 Å². The fourth-order valence-corrected chi connectivity index (χ4v) is 12.4. The minimum Gasteiger partial charge on any atom is -0.309 e. The van der Waals surface area contributed by atoms with Gasteiger partial charge in [0.2, 0.25) is 11.9 Å². The second kappa shape index (κ2) is 18.1. The van der Waals surface area contributed by atoms with Crippen molar-refractivity contribution >= 4 is 87.2 Å². The number of aromatic nitrogens is 10. The molecule has 11 aromatic carbocycles. The SMILES string of the molecule is c1ccc(-c2nc(-c3ccccc3)nc(-n3c4ccccc4c4cc(-n5c6ccccc6c6cc7c(cc65)c5ccccc5n7-c5ccc6c(c5)c5ccccc5n6-c5nc(-c6ccccc6)nc(-c6ccccc6)n5)ccc43)n2)cc1. The fraction of sp³-hybridized carbons (Fsp3) is 0. The Hall–Kier alpha value is -11.4. The Morgan fingerprint density at radius 3 is 0.756 bits per heavy atom. The third-order valence-corrected chi connectivity index (χ3v) is 16.1. The molecule has 0 aliphatic rings. The lowest BCUT2D eigenvalue weighted by molar-refractivity contribution is 0.953. The molecule has 0 saturated carbocycles. The molecule has 0 aliphatic heterocycles. The molecule has 17 aromatic rings. The van der Waals surface area contributed by atoms with Crippen LogP contribution in [0.4, 0.5) is 0 Å². The lowest BCUT2D eigenvalue weighted by Gasteiger charge is -2.12. The Labute approximate surface area is 468 Å². The van der Waals surface area contributed by atoms with Crippen molar-refractivity contribution in [2.75, 3.05) is 0 Å². The van der Waals surface area contributed by atoms with Crippen molar-refractivity contribution < 1.29 is 0 Å². The van der Waals surface area contributed by atoms with E-state index in [1.54, 1.807) is 0 Å². The van der Waals surface area contributed by atoms with E-state index >= 15 is 0 Å². The molecule has 382 valence electrons. The molecular formula is C72H44N10. The molecule has 10 nitrogen and oxygen atoms in total. The molecule has 0 unspecified atom stereocenters. The van der Waals surface area contributed by atoms with Crippen LogP contribution in [-0.2, 0) is 0 Å². The molecule has 0 bridgehead atoms. The van der Waals surface area contributed by atoms with E-state index in [9.17, 15) is 0 Å². The van der Waals surface area contributed by atoms with Crippen LogP contribution >= 0.6 is 0 Å². The van der Waals surface area contributed by atoms with Crippen LogP contribution < -0.4 is 0 Å². The Morgan fingerprint density at radius 2 is 0.439 bits per heavy atom. The molecule has 0 aliphatic carbocycles. The van der Waals surface area contributed by atoms with Crippen LogP contribution in [0.2, 0.25) is 0 Å². The maximum absolute atomic E-state index is 5.20. The first-order valence-corrected chi connectivity index (χ1v) is 27.4. The highest BCUT2D eigenvalue weighted by Gasteiger charge is 2.24. The number of nitrogens with zero attached hydrogens (tertiary/aromatic N) is 10. The molecule has 0 saturated heterocycles. The largest absolute Gasteiger partial charge is 0.309 e. The van der Waals surface area contributed by atoms with E-state index in [1.807, 2.05) is 121 Å². The van der Waals surface area contributed by atoms with Crippen molar-refractivity contribution in [3.8, 4) is 68.8 Å². The van der Waals surface area contributed by atoms with Crippen LogP contribution in [0.3, 0.4) is 0 Å². The average Bonchev–Trinajstić information content (AvgIpc) is 3.37. The second-order valence-electron chi connectivity index (χ2n) is 20.7. The summed E-state index contributed by atoms with van der Waals surface area (Å²) in [6.45, 7) is 0. The van der Waals surface area contributed by atoms with E-state index < -0.39 is 0 Å². The Kier molecular flexibility index (Phi) is 10.1. The Balaban J connectivity index is 0.848. The van der Waals surface area contributed by atoms with Gasteiger partial charge in [-0.3, -0.25) is 9.13 Å². The summed E-state index contributed by atoms with van der Waals surface area (Å²) >= 11 is 0. The lowest BCUT2D eigenvalue weighted by atomic mass is 10.1. The zero-order valence-corrected chi connectivity index (χ0v) is 43.9. The minimum atomic E-state index is 0.560. The van der Waals surface area contributed by atoms with Gasteiger partial charge < -0.3 is 9.13 Å². The number of hydrogen-bond donors (Lipinski definition) is 0. The van der Waals surface area contributed by atoms with Crippen molar-refractivity contribution in [1.29, 1.82) is 0 Å². The van der Waals surface area contributed by atoms with E-state index in [0.717, 1.165) is 110 Å². The van der Waals surface area contributed by atoms with Crippen molar-refractivity contribution in [2.24, 2.45) is 0 Å². The number of hydrogen-bond acceptors (Lipinski definition) is 6. The maximum Gasteiger partial charge on any atom is 0.238 e. The highest BCUT2D eigenvalue weighted by molar-refractivity contribution is 6.20. The van der Waals surface area contributed by atoms with Crippen molar-refractivity contribution in [2.45, 2.75) is 0 Å². The predicted octanol–water partition coefficient (Wildman–Crippen LogP) is 17.1. The molecule has 17 rings (SSSR count). The smallest absolute Gasteiger partial charge is 0.238 e. The van der Waals surface area contributed by atoms with Crippen LogP contribution in [-0.4, -0.2) is 48.2 Å². The molecule has 0 N–H and O–H groups in total. The first-order chi connectivity index (χ1) is 40.7. The summed E-state index contributed by atoms with van der Waals surface area (Å²) in [7, 11) is 0. The molecule has 10 heteroatoms. The highest BCUT2D eigenvalue weighted by Crippen LogP contribution is 2.43. The first kappa shape index (κ1) is 45.6. The van der Waals surface area contributed by atoms with Gasteiger partial charge in [0.25, 0.3) is 0 Å². The second-order valence-corrected chi connectivity index (χ2v) is 20.7. The van der Waals surface area contributed by atoms with Gasteiger partial charge in [-0.1, -0.05) is 194 Å². The van der Waals surface area contributed by atoms with Gasteiger partial charge in [-0.15, -0.1) is 0 Å². The van der Waals surface area contributed by atoms with Gasteiger partial charge in [0, 0.05) is 76.7 Å². The summed E-state index contributed by atoms with van der Waals surface area (Å²) in [4.78, 5) is 30.8. The maximum atomic E-state index is 5.20. The van der Waals surface area contributed by atoms with Gasteiger partial charge in [0.15, 0.2) is 23.3 Å². The molecule has 0 radical (unpaired) electrons.